The lowest BCUT2D eigenvalue weighted by molar-refractivity contribution is -0.151. The van der Waals surface area contributed by atoms with Crippen molar-refractivity contribution in [1.82, 2.24) is 0 Å². The van der Waals surface area contributed by atoms with Gasteiger partial charge in [0.1, 0.15) is 0 Å². The molecule has 2 atom stereocenters. The molecule has 4 heteroatoms. The van der Waals surface area contributed by atoms with Crippen molar-refractivity contribution in [3.05, 3.63) is 11.6 Å². The van der Waals surface area contributed by atoms with E-state index in [4.69, 9.17) is 9.47 Å². The van der Waals surface area contributed by atoms with Gasteiger partial charge in [-0.15, -0.1) is 0 Å². The average Bonchev–Trinajstić information content (AvgIpc) is 2.52. The fourth-order valence-electron chi connectivity index (χ4n) is 2.24. The molecular formula is C14H22O4. The number of carbonyl (C=O) groups is 2. The zero-order chi connectivity index (χ0) is 13.5. The van der Waals surface area contributed by atoms with Crippen LogP contribution in [-0.4, -0.2) is 25.2 Å². The molecule has 4 nitrogen and oxygen atoms in total. The third-order valence-electron chi connectivity index (χ3n) is 3.24. The Morgan fingerprint density at radius 3 is 2.44 bits per heavy atom. The number of esters is 2. The van der Waals surface area contributed by atoms with Gasteiger partial charge in [0.25, 0.3) is 0 Å². The Kier molecular flexibility index (Phi) is 5.89. The smallest absolute Gasteiger partial charge is 0.313 e. The van der Waals surface area contributed by atoms with Crippen LogP contribution in [0.4, 0.5) is 0 Å². The van der Waals surface area contributed by atoms with Gasteiger partial charge in [-0.2, -0.15) is 0 Å². The number of carbonyl (C=O) groups excluding carboxylic acids is 2. The van der Waals surface area contributed by atoms with Gasteiger partial charge in [-0.1, -0.05) is 11.6 Å². The first-order valence-electron chi connectivity index (χ1n) is 6.60. The van der Waals surface area contributed by atoms with E-state index in [0.717, 1.165) is 18.4 Å². The maximum Gasteiger partial charge on any atom is 0.313 e. The molecule has 18 heavy (non-hydrogen) atoms. The first kappa shape index (κ1) is 14.7. The minimum Gasteiger partial charge on any atom is -0.466 e. The molecule has 0 amide bonds. The highest BCUT2D eigenvalue weighted by Crippen LogP contribution is 2.29. The summed E-state index contributed by atoms with van der Waals surface area (Å²) in [7, 11) is 0. The number of allylic oxidation sites excluding steroid dienone is 1. The minimum absolute atomic E-state index is 0.199. The Labute approximate surface area is 108 Å². The van der Waals surface area contributed by atoms with Crippen molar-refractivity contribution in [2.45, 2.75) is 40.0 Å². The molecule has 0 saturated carbocycles. The SMILES string of the molecule is CCOC(=O)C1CCC=C(C)C(C(=O)OCC)C1. The molecule has 2 unspecified atom stereocenters. The first-order chi connectivity index (χ1) is 8.60. The molecule has 0 aromatic rings. The van der Waals surface area contributed by atoms with E-state index < -0.39 is 0 Å². The van der Waals surface area contributed by atoms with E-state index in [1.807, 2.05) is 13.0 Å². The zero-order valence-electron chi connectivity index (χ0n) is 11.4. The Bertz CT molecular complexity index is 333. The molecule has 1 aliphatic rings. The summed E-state index contributed by atoms with van der Waals surface area (Å²) in [6.07, 6.45) is 4.08. The number of hydrogen-bond acceptors (Lipinski definition) is 4. The maximum absolute atomic E-state index is 11.9. The molecule has 0 aromatic carbocycles. The predicted molar refractivity (Wildman–Crippen MR) is 67.9 cm³/mol. The average molecular weight is 254 g/mol. The lowest BCUT2D eigenvalue weighted by Gasteiger charge is -2.19. The van der Waals surface area contributed by atoms with Crippen LogP contribution in [0.5, 0.6) is 0 Å². The van der Waals surface area contributed by atoms with Crippen LogP contribution < -0.4 is 0 Å². The molecule has 0 fully saturated rings. The quantitative estimate of drug-likeness (QED) is 0.571. The van der Waals surface area contributed by atoms with Crippen molar-refractivity contribution in [3.8, 4) is 0 Å². The summed E-state index contributed by atoms with van der Waals surface area (Å²) in [5.74, 6) is -0.938. The molecule has 1 rings (SSSR count). The van der Waals surface area contributed by atoms with E-state index in [0.29, 0.717) is 19.6 Å². The highest BCUT2D eigenvalue weighted by molar-refractivity contribution is 5.78. The number of ether oxygens (including phenoxy) is 2. The first-order valence-corrected chi connectivity index (χ1v) is 6.60. The fourth-order valence-corrected chi connectivity index (χ4v) is 2.24. The predicted octanol–water partition coefficient (Wildman–Crippen LogP) is 2.48. The van der Waals surface area contributed by atoms with E-state index in [1.54, 1.807) is 13.8 Å². The molecule has 0 aromatic heterocycles. The van der Waals surface area contributed by atoms with Crippen LogP contribution >= 0.6 is 0 Å². The van der Waals surface area contributed by atoms with Gasteiger partial charge in [0.05, 0.1) is 25.0 Å². The van der Waals surface area contributed by atoms with Crippen molar-refractivity contribution in [2.24, 2.45) is 11.8 Å². The summed E-state index contributed by atoms with van der Waals surface area (Å²) in [6, 6.07) is 0. The third-order valence-corrected chi connectivity index (χ3v) is 3.24. The van der Waals surface area contributed by atoms with E-state index in [9.17, 15) is 9.59 Å². The van der Waals surface area contributed by atoms with Crippen LogP contribution in [0.15, 0.2) is 11.6 Å². The molecule has 0 N–H and O–H groups in total. The van der Waals surface area contributed by atoms with E-state index in [2.05, 4.69) is 0 Å². The summed E-state index contributed by atoms with van der Waals surface area (Å²) in [4.78, 5) is 23.7. The molecule has 0 aliphatic heterocycles. The topological polar surface area (TPSA) is 52.6 Å². The maximum atomic E-state index is 11.9. The number of hydrogen-bond donors (Lipinski definition) is 0. The van der Waals surface area contributed by atoms with Gasteiger partial charge in [0.15, 0.2) is 0 Å². The highest BCUT2D eigenvalue weighted by Gasteiger charge is 2.31. The number of rotatable bonds is 4. The van der Waals surface area contributed by atoms with Crippen LogP contribution in [-0.2, 0) is 19.1 Å². The summed E-state index contributed by atoms with van der Waals surface area (Å²) in [5, 5.41) is 0. The monoisotopic (exact) mass is 254 g/mol. The molecular weight excluding hydrogens is 232 g/mol. The van der Waals surface area contributed by atoms with Gasteiger partial charge in [0, 0.05) is 0 Å². The van der Waals surface area contributed by atoms with Crippen molar-refractivity contribution in [1.29, 1.82) is 0 Å². The van der Waals surface area contributed by atoms with Crippen LogP contribution in [0.25, 0.3) is 0 Å². The van der Waals surface area contributed by atoms with Gasteiger partial charge < -0.3 is 9.47 Å². The van der Waals surface area contributed by atoms with Crippen molar-refractivity contribution < 1.29 is 19.1 Å². The Morgan fingerprint density at radius 1 is 1.22 bits per heavy atom. The lowest BCUT2D eigenvalue weighted by atomic mass is 9.90. The van der Waals surface area contributed by atoms with Crippen LogP contribution in [0.1, 0.15) is 40.0 Å². The molecule has 0 radical (unpaired) electrons. The highest BCUT2D eigenvalue weighted by atomic mass is 16.5. The van der Waals surface area contributed by atoms with Crippen molar-refractivity contribution in [2.75, 3.05) is 13.2 Å². The lowest BCUT2D eigenvalue weighted by Crippen LogP contribution is -2.25. The van der Waals surface area contributed by atoms with E-state index >= 15 is 0 Å². The second kappa shape index (κ2) is 7.19. The van der Waals surface area contributed by atoms with Crippen LogP contribution in [0.3, 0.4) is 0 Å². The fraction of sp³-hybridized carbons (Fsp3) is 0.714. The standard InChI is InChI=1S/C14H22O4/c1-4-17-13(15)11-8-6-7-10(3)12(9-11)14(16)18-5-2/h7,11-12H,4-6,8-9H2,1-3H3. The van der Waals surface area contributed by atoms with Crippen LogP contribution in [0, 0.1) is 11.8 Å². The second-order valence-electron chi connectivity index (χ2n) is 4.51. The molecule has 0 saturated heterocycles. The van der Waals surface area contributed by atoms with Gasteiger partial charge >= 0.3 is 11.9 Å². The third kappa shape index (κ3) is 3.86. The second-order valence-corrected chi connectivity index (χ2v) is 4.51. The summed E-state index contributed by atoms with van der Waals surface area (Å²) < 4.78 is 10.1. The molecule has 102 valence electrons. The molecule has 1 aliphatic carbocycles. The largest absolute Gasteiger partial charge is 0.466 e. The van der Waals surface area contributed by atoms with Gasteiger partial charge in [-0.05, 0) is 40.0 Å². The van der Waals surface area contributed by atoms with E-state index in [-0.39, 0.29) is 23.8 Å². The zero-order valence-corrected chi connectivity index (χ0v) is 11.4. The minimum atomic E-state index is -0.304. The van der Waals surface area contributed by atoms with Crippen LogP contribution in [0.2, 0.25) is 0 Å². The molecule has 0 heterocycles. The summed E-state index contributed by atoms with van der Waals surface area (Å²) in [6.45, 7) is 6.25. The van der Waals surface area contributed by atoms with Gasteiger partial charge in [-0.3, -0.25) is 9.59 Å². The van der Waals surface area contributed by atoms with Crippen molar-refractivity contribution >= 4 is 11.9 Å². The Balaban J connectivity index is 2.74. The van der Waals surface area contributed by atoms with Crippen molar-refractivity contribution in [3.63, 3.8) is 0 Å². The Morgan fingerprint density at radius 2 is 1.83 bits per heavy atom. The summed E-state index contributed by atoms with van der Waals surface area (Å²) >= 11 is 0. The molecule has 0 bridgehead atoms. The van der Waals surface area contributed by atoms with Gasteiger partial charge in [0.2, 0.25) is 0 Å². The summed E-state index contributed by atoms with van der Waals surface area (Å²) in [5.41, 5.74) is 1.00. The van der Waals surface area contributed by atoms with E-state index in [1.165, 1.54) is 0 Å². The Hall–Kier alpha value is -1.32. The molecule has 0 spiro atoms. The normalized spacial score (nSPS) is 23.8. The van der Waals surface area contributed by atoms with Gasteiger partial charge in [-0.25, -0.2) is 0 Å².